The number of anilines is 1. The molecule has 3 aromatic rings. The van der Waals surface area contributed by atoms with Gasteiger partial charge in [-0.2, -0.15) is 0 Å². The van der Waals surface area contributed by atoms with E-state index in [4.69, 9.17) is 5.73 Å². The number of nitrogens with zero attached hydrogens (tertiary/aromatic N) is 3. The van der Waals surface area contributed by atoms with E-state index >= 15 is 0 Å². The van der Waals surface area contributed by atoms with E-state index in [0.717, 1.165) is 0 Å². The van der Waals surface area contributed by atoms with Gasteiger partial charge in [0.25, 0.3) is 11.8 Å². The van der Waals surface area contributed by atoms with Crippen molar-refractivity contribution in [3.63, 3.8) is 0 Å². The first-order valence-corrected chi connectivity index (χ1v) is 9.55. The molecule has 0 aliphatic carbocycles. The van der Waals surface area contributed by atoms with Crippen LogP contribution in [0.4, 0.5) is 14.6 Å². The van der Waals surface area contributed by atoms with Gasteiger partial charge >= 0.3 is 0 Å². The number of hydrogen-bond donors (Lipinski definition) is 2. The molecule has 4 heterocycles. The predicted molar refractivity (Wildman–Crippen MR) is 105 cm³/mol. The van der Waals surface area contributed by atoms with Gasteiger partial charge in [0.1, 0.15) is 5.82 Å². The van der Waals surface area contributed by atoms with Crippen molar-refractivity contribution in [2.75, 3.05) is 12.8 Å². The number of amides is 2. The number of aromatic nitrogens is 2. The number of H-pyrrole nitrogens is 1. The number of rotatable bonds is 2. The number of hydrogen-bond acceptors (Lipinski definition) is 4. The monoisotopic (exact) mass is 411 g/mol. The van der Waals surface area contributed by atoms with Crippen molar-refractivity contribution in [2.45, 2.75) is 31.5 Å². The molecule has 0 saturated carbocycles. The summed E-state index contributed by atoms with van der Waals surface area (Å²) in [7, 11) is 1.70. The van der Waals surface area contributed by atoms with Crippen LogP contribution < -0.4 is 5.73 Å². The van der Waals surface area contributed by atoms with Gasteiger partial charge in [0.15, 0.2) is 17.2 Å². The van der Waals surface area contributed by atoms with Gasteiger partial charge in [-0.1, -0.05) is 6.07 Å². The Hall–Kier alpha value is -3.49. The summed E-state index contributed by atoms with van der Waals surface area (Å²) in [6.07, 6.45) is 0.396. The molecule has 3 N–H and O–H groups in total. The van der Waals surface area contributed by atoms with E-state index in [1.54, 1.807) is 18.0 Å². The van der Waals surface area contributed by atoms with E-state index in [-0.39, 0.29) is 29.9 Å². The van der Waals surface area contributed by atoms with Gasteiger partial charge in [-0.05, 0) is 25.1 Å². The summed E-state index contributed by atoms with van der Waals surface area (Å²) in [5.74, 6) is -2.03. The second kappa shape index (κ2) is 6.01. The van der Waals surface area contributed by atoms with Gasteiger partial charge in [-0.3, -0.25) is 9.59 Å². The van der Waals surface area contributed by atoms with Crippen LogP contribution >= 0.6 is 0 Å². The Kier molecular flexibility index (Phi) is 3.71. The molecule has 2 atom stereocenters. The van der Waals surface area contributed by atoms with Crippen molar-refractivity contribution in [2.24, 2.45) is 0 Å². The highest BCUT2D eigenvalue weighted by Gasteiger charge is 2.60. The molecule has 2 aliphatic heterocycles. The second-order valence-corrected chi connectivity index (χ2v) is 7.99. The van der Waals surface area contributed by atoms with Crippen molar-refractivity contribution < 1.29 is 18.4 Å². The van der Waals surface area contributed by atoms with E-state index in [1.807, 2.05) is 6.92 Å². The van der Waals surface area contributed by atoms with Gasteiger partial charge in [0.2, 0.25) is 0 Å². The highest BCUT2D eigenvalue weighted by atomic mass is 19.1. The number of nitrogens with one attached hydrogen (secondary N) is 1. The Labute approximate surface area is 170 Å². The topological polar surface area (TPSA) is 95.3 Å². The third-order valence-electron chi connectivity index (χ3n) is 6.26. The molecule has 9 heteroatoms. The predicted octanol–water partition coefficient (Wildman–Crippen LogP) is 2.53. The molecule has 1 fully saturated rings. The molecule has 1 saturated heterocycles. The second-order valence-electron chi connectivity index (χ2n) is 7.99. The zero-order valence-electron chi connectivity index (χ0n) is 16.4. The van der Waals surface area contributed by atoms with Gasteiger partial charge < -0.3 is 20.5 Å². The Balaban J connectivity index is 1.63. The highest BCUT2D eigenvalue weighted by molar-refractivity contribution is 6.07. The lowest BCUT2D eigenvalue weighted by Gasteiger charge is -2.33. The number of carbonyl (C=O) groups is 2. The van der Waals surface area contributed by atoms with Crippen molar-refractivity contribution in [1.82, 2.24) is 19.8 Å². The maximum atomic E-state index is 13.9. The number of likely N-dealkylation sites (tertiary alicyclic amines) is 1. The fourth-order valence-corrected chi connectivity index (χ4v) is 4.68. The summed E-state index contributed by atoms with van der Waals surface area (Å²) >= 11 is 0. The van der Waals surface area contributed by atoms with Gasteiger partial charge in [0.05, 0.1) is 17.6 Å². The number of nitrogens with two attached hydrogens (primary N) is 1. The Morgan fingerprint density at radius 1 is 1.27 bits per heavy atom. The third kappa shape index (κ3) is 2.31. The number of aromatic amines is 1. The number of pyridine rings is 1. The lowest BCUT2D eigenvalue weighted by molar-refractivity contribution is -0.136. The number of carbonyl (C=O) groups excluding carboxylic acids is 2. The van der Waals surface area contributed by atoms with Gasteiger partial charge in [-0.25, -0.2) is 13.8 Å². The molecule has 1 aromatic carbocycles. The van der Waals surface area contributed by atoms with Crippen LogP contribution in [0, 0.1) is 11.6 Å². The Morgan fingerprint density at radius 3 is 2.73 bits per heavy atom. The zero-order valence-corrected chi connectivity index (χ0v) is 16.4. The Bertz CT molecular complexity index is 1200. The molecule has 1 spiro atoms. The summed E-state index contributed by atoms with van der Waals surface area (Å²) in [6, 6.07) is 6.79. The van der Waals surface area contributed by atoms with Gasteiger partial charge in [-0.15, -0.1) is 0 Å². The van der Waals surface area contributed by atoms with E-state index in [1.165, 1.54) is 29.2 Å². The first kappa shape index (κ1) is 18.5. The summed E-state index contributed by atoms with van der Waals surface area (Å²) in [5, 5.41) is 0. The summed E-state index contributed by atoms with van der Waals surface area (Å²) in [6.45, 7) is 1.97. The lowest BCUT2D eigenvalue weighted by atomic mass is 9.86. The minimum absolute atomic E-state index is 0.0549. The molecule has 154 valence electrons. The standard InChI is InChI=1S/C21H19F2N5O2/c1-10-8-21(20(30)27(10)2)14-4-3-11(22)5-13(14)19(29)28(21)9-12-6-16-17(25-12)7-15(23)18(24)26-16/h3-7,10,25H,8-9H2,1-2H3,(H2,24,26). The average molecular weight is 411 g/mol. The van der Waals surface area contributed by atoms with Gasteiger partial charge in [0, 0.05) is 42.4 Å². The molecule has 5 rings (SSSR count). The van der Waals surface area contributed by atoms with E-state index in [9.17, 15) is 18.4 Å². The fraction of sp³-hybridized carbons (Fsp3) is 0.286. The zero-order chi connectivity index (χ0) is 21.4. The summed E-state index contributed by atoms with van der Waals surface area (Å²) < 4.78 is 27.7. The molecule has 0 radical (unpaired) electrons. The molecule has 2 aliphatic rings. The lowest BCUT2D eigenvalue weighted by Crippen LogP contribution is -2.48. The van der Waals surface area contributed by atoms with Crippen molar-refractivity contribution in [3.05, 3.63) is 58.8 Å². The van der Waals surface area contributed by atoms with Crippen LogP contribution in [-0.2, 0) is 16.9 Å². The quantitative estimate of drug-likeness (QED) is 0.678. The minimum atomic E-state index is -1.21. The number of likely N-dealkylation sites (N-methyl/N-ethyl adjacent to an activating group) is 1. The molecular weight excluding hydrogens is 392 g/mol. The molecule has 2 amide bonds. The Morgan fingerprint density at radius 2 is 2.03 bits per heavy atom. The largest absolute Gasteiger partial charge is 0.381 e. The van der Waals surface area contributed by atoms with E-state index < -0.39 is 23.1 Å². The van der Waals surface area contributed by atoms with Crippen LogP contribution in [0.5, 0.6) is 0 Å². The first-order chi connectivity index (χ1) is 14.2. The molecule has 2 unspecified atom stereocenters. The van der Waals surface area contributed by atoms with Crippen molar-refractivity contribution in [1.29, 1.82) is 0 Å². The number of benzene rings is 1. The minimum Gasteiger partial charge on any atom is -0.381 e. The maximum absolute atomic E-state index is 13.9. The normalized spacial score (nSPS) is 23.3. The van der Waals surface area contributed by atoms with E-state index in [0.29, 0.717) is 28.7 Å². The SMILES string of the molecule is CC1CC2(C(=O)N1C)c1ccc(F)cc1C(=O)N2Cc1cc2nc(N)c(F)cc2[nH]1. The highest BCUT2D eigenvalue weighted by Crippen LogP contribution is 2.48. The van der Waals surface area contributed by atoms with Crippen molar-refractivity contribution >= 4 is 28.7 Å². The molecular formula is C21H19F2N5O2. The number of nitrogen functional groups attached to an aromatic ring is 1. The van der Waals surface area contributed by atoms with Crippen LogP contribution in [0.2, 0.25) is 0 Å². The average Bonchev–Trinajstić information content (AvgIpc) is 3.26. The number of halogens is 2. The van der Waals surface area contributed by atoms with Crippen LogP contribution in [0.25, 0.3) is 11.0 Å². The first-order valence-electron chi connectivity index (χ1n) is 9.55. The molecule has 2 aromatic heterocycles. The smallest absolute Gasteiger partial charge is 0.255 e. The van der Waals surface area contributed by atoms with Crippen LogP contribution in [-0.4, -0.2) is 44.7 Å². The molecule has 7 nitrogen and oxygen atoms in total. The maximum Gasteiger partial charge on any atom is 0.255 e. The van der Waals surface area contributed by atoms with Crippen molar-refractivity contribution in [3.8, 4) is 0 Å². The van der Waals surface area contributed by atoms with Crippen LogP contribution in [0.1, 0.15) is 35.0 Å². The number of fused-ring (bicyclic) bond motifs is 3. The third-order valence-corrected chi connectivity index (χ3v) is 6.26. The van der Waals surface area contributed by atoms with Crippen LogP contribution in [0.3, 0.4) is 0 Å². The van der Waals surface area contributed by atoms with Crippen LogP contribution in [0.15, 0.2) is 30.3 Å². The summed E-state index contributed by atoms with van der Waals surface area (Å²) in [5.41, 5.74) is 6.50. The molecule has 0 bridgehead atoms. The fourth-order valence-electron chi connectivity index (χ4n) is 4.68. The molecule has 30 heavy (non-hydrogen) atoms. The summed E-state index contributed by atoms with van der Waals surface area (Å²) in [4.78, 5) is 36.8. The van der Waals surface area contributed by atoms with E-state index in [2.05, 4.69) is 9.97 Å².